The Balaban J connectivity index is 1.54. The highest BCUT2D eigenvalue weighted by Gasteiger charge is 2.35. The zero-order chi connectivity index (χ0) is 16.3. The largest absolute Gasteiger partial charge is 0.454 e. The molecule has 0 bridgehead atoms. The van der Waals surface area contributed by atoms with Crippen LogP contribution in [-0.2, 0) is 11.3 Å². The van der Waals surface area contributed by atoms with Crippen LogP contribution in [0.2, 0.25) is 0 Å². The molecule has 0 radical (unpaired) electrons. The maximum Gasteiger partial charge on any atom is 0.235 e. The molecule has 2 aliphatic rings. The van der Waals surface area contributed by atoms with Crippen molar-refractivity contribution in [2.75, 3.05) is 20.4 Å². The van der Waals surface area contributed by atoms with Crippen molar-refractivity contribution in [1.82, 2.24) is 10.2 Å². The summed E-state index contributed by atoms with van der Waals surface area (Å²) in [5.74, 6) is 1.40. The molecule has 3 rings (SSSR count). The molecule has 1 aliphatic heterocycles. The van der Waals surface area contributed by atoms with Gasteiger partial charge in [0.15, 0.2) is 11.5 Å². The van der Waals surface area contributed by atoms with Crippen molar-refractivity contribution in [3.05, 3.63) is 23.8 Å². The Bertz CT molecular complexity index is 632. The maximum absolute atomic E-state index is 12.2. The average molecular weight is 315 g/mol. The molecule has 1 aromatic rings. The second-order valence-electron chi connectivity index (χ2n) is 6.31. The molecular formula is C17H21N3O3. The van der Waals surface area contributed by atoms with E-state index < -0.39 is 5.54 Å². The molecule has 1 saturated carbocycles. The zero-order valence-corrected chi connectivity index (χ0v) is 13.3. The van der Waals surface area contributed by atoms with E-state index >= 15 is 0 Å². The molecule has 1 aromatic carbocycles. The molecule has 0 unspecified atom stereocenters. The lowest BCUT2D eigenvalue weighted by Crippen LogP contribution is -2.48. The summed E-state index contributed by atoms with van der Waals surface area (Å²) in [6.07, 6.45) is 3.50. The smallest absolute Gasteiger partial charge is 0.235 e. The van der Waals surface area contributed by atoms with Crippen LogP contribution in [0, 0.1) is 11.3 Å². The van der Waals surface area contributed by atoms with Gasteiger partial charge in [0, 0.05) is 6.54 Å². The summed E-state index contributed by atoms with van der Waals surface area (Å²) in [5, 5.41) is 12.2. The number of benzene rings is 1. The van der Waals surface area contributed by atoms with Gasteiger partial charge in [-0.2, -0.15) is 5.26 Å². The van der Waals surface area contributed by atoms with E-state index in [2.05, 4.69) is 11.4 Å². The lowest BCUT2D eigenvalue weighted by Gasteiger charge is -2.24. The Morgan fingerprint density at radius 3 is 2.83 bits per heavy atom. The summed E-state index contributed by atoms with van der Waals surface area (Å²) < 4.78 is 10.7. The lowest BCUT2D eigenvalue weighted by atomic mass is 10.00. The van der Waals surface area contributed by atoms with Gasteiger partial charge in [-0.3, -0.25) is 9.69 Å². The van der Waals surface area contributed by atoms with E-state index in [0.29, 0.717) is 6.54 Å². The first-order valence-electron chi connectivity index (χ1n) is 7.90. The van der Waals surface area contributed by atoms with E-state index in [1.807, 2.05) is 30.1 Å². The second kappa shape index (κ2) is 6.47. The highest BCUT2D eigenvalue weighted by atomic mass is 16.7. The van der Waals surface area contributed by atoms with Crippen molar-refractivity contribution >= 4 is 5.91 Å². The molecule has 0 saturated heterocycles. The maximum atomic E-state index is 12.2. The summed E-state index contributed by atoms with van der Waals surface area (Å²) in [4.78, 5) is 14.1. The number of amides is 1. The van der Waals surface area contributed by atoms with E-state index in [9.17, 15) is 10.1 Å². The minimum absolute atomic E-state index is 0.100. The minimum Gasteiger partial charge on any atom is -0.454 e. The summed E-state index contributed by atoms with van der Waals surface area (Å²) in [6.45, 7) is 1.15. The number of carbonyl (C=O) groups excluding carboxylic acids is 1. The van der Waals surface area contributed by atoms with E-state index in [4.69, 9.17) is 9.47 Å². The molecule has 122 valence electrons. The Morgan fingerprint density at radius 2 is 2.09 bits per heavy atom. The molecule has 6 heteroatoms. The molecule has 0 spiro atoms. The number of ether oxygens (including phenoxy) is 2. The number of hydrogen-bond acceptors (Lipinski definition) is 5. The third kappa shape index (κ3) is 3.57. The van der Waals surface area contributed by atoms with Crippen LogP contribution in [-0.4, -0.2) is 36.7 Å². The van der Waals surface area contributed by atoms with Crippen molar-refractivity contribution < 1.29 is 14.3 Å². The number of rotatable bonds is 5. The number of hydrogen-bond donors (Lipinski definition) is 1. The Labute approximate surface area is 136 Å². The fourth-order valence-electron chi connectivity index (χ4n) is 3.20. The highest BCUT2D eigenvalue weighted by Crippen LogP contribution is 2.32. The second-order valence-corrected chi connectivity index (χ2v) is 6.31. The molecule has 1 fully saturated rings. The summed E-state index contributed by atoms with van der Waals surface area (Å²) in [7, 11) is 1.89. The summed E-state index contributed by atoms with van der Waals surface area (Å²) in [6, 6.07) is 8.07. The zero-order valence-electron chi connectivity index (χ0n) is 13.3. The van der Waals surface area contributed by atoms with Crippen LogP contribution >= 0.6 is 0 Å². The van der Waals surface area contributed by atoms with Gasteiger partial charge < -0.3 is 14.8 Å². The average Bonchev–Trinajstić information content (AvgIpc) is 3.15. The van der Waals surface area contributed by atoms with Gasteiger partial charge in [-0.05, 0) is 50.4 Å². The highest BCUT2D eigenvalue weighted by molar-refractivity contribution is 5.79. The predicted octanol–water partition coefficient (Wildman–Crippen LogP) is 1.80. The first-order chi connectivity index (χ1) is 11.1. The van der Waals surface area contributed by atoms with Gasteiger partial charge in [0.05, 0.1) is 12.6 Å². The van der Waals surface area contributed by atoms with Gasteiger partial charge in [-0.1, -0.05) is 6.07 Å². The molecule has 1 heterocycles. The number of fused-ring (bicyclic) bond motifs is 1. The van der Waals surface area contributed by atoms with Crippen LogP contribution in [0.25, 0.3) is 0 Å². The molecule has 6 nitrogen and oxygen atoms in total. The predicted molar refractivity (Wildman–Crippen MR) is 83.9 cm³/mol. The Kier molecular flexibility index (Phi) is 4.39. The Hall–Kier alpha value is -2.26. The van der Waals surface area contributed by atoms with Gasteiger partial charge in [-0.25, -0.2) is 0 Å². The normalized spacial score (nSPS) is 18.0. The van der Waals surface area contributed by atoms with Gasteiger partial charge in [0.25, 0.3) is 0 Å². The van der Waals surface area contributed by atoms with Crippen molar-refractivity contribution in [2.24, 2.45) is 0 Å². The van der Waals surface area contributed by atoms with Crippen molar-refractivity contribution in [3.8, 4) is 17.6 Å². The Morgan fingerprint density at radius 1 is 1.35 bits per heavy atom. The minimum atomic E-state index is -0.656. The van der Waals surface area contributed by atoms with Crippen LogP contribution in [0.1, 0.15) is 31.2 Å². The summed E-state index contributed by atoms with van der Waals surface area (Å²) >= 11 is 0. The van der Waals surface area contributed by atoms with E-state index in [-0.39, 0.29) is 19.2 Å². The third-order valence-electron chi connectivity index (χ3n) is 4.35. The van der Waals surface area contributed by atoms with Crippen molar-refractivity contribution in [2.45, 2.75) is 37.8 Å². The fraction of sp³-hybridized carbons (Fsp3) is 0.529. The van der Waals surface area contributed by atoms with Crippen LogP contribution in [0.15, 0.2) is 18.2 Å². The number of carbonyl (C=O) groups is 1. The van der Waals surface area contributed by atoms with Crippen LogP contribution in [0.4, 0.5) is 0 Å². The molecular weight excluding hydrogens is 294 g/mol. The monoisotopic (exact) mass is 315 g/mol. The fourth-order valence-corrected chi connectivity index (χ4v) is 3.20. The summed E-state index contributed by atoms with van der Waals surface area (Å²) in [5.41, 5.74) is 0.400. The van der Waals surface area contributed by atoms with E-state index in [1.54, 1.807) is 0 Å². The first-order valence-corrected chi connectivity index (χ1v) is 7.90. The van der Waals surface area contributed by atoms with Crippen LogP contribution in [0.3, 0.4) is 0 Å². The third-order valence-corrected chi connectivity index (χ3v) is 4.35. The topological polar surface area (TPSA) is 74.6 Å². The lowest BCUT2D eigenvalue weighted by molar-refractivity contribution is -0.123. The van der Waals surface area contributed by atoms with Gasteiger partial charge in [-0.15, -0.1) is 0 Å². The molecule has 1 N–H and O–H groups in total. The van der Waals surface area contributed by atoms with Crippen molar-refractivity contribution in [3.63, 3.8) is 0 Å². The number of likely N-dealkylation sites (N-methyl/N-ethyl adjacent to an activating group) is 1. The molecule has 0 aromatic heterocycles. The molecule has 23 heavy (non-hydrogen) atoms. The van der Waals surface area contributed by atoms with E-state index in [1.165, 1.54) is 0 Å². The van der Waals surface area contributed by atoms with Gasteiger partial charge >= 0.3 is 0 Å². The van der Waals surface area contributed by atoms with Crippen LogP contribution < -0.4 is 14.8 Å². The molecule has 0 atom stereocenters. The van der Waals surface area contributed by atoms with Crippen molar-refractivity contribution in [1.29, 1.82) is 5.26 Å². The van der Waals surface area contributed by atoms with Gasteiger partial charge in [0.1, 0.15) is 5.54 Å². The molecule has 1 aliphatic carbocycles. The number of nitriles is 1. The van der Waals surface area contributed by atoms with Gasteiger partial charge in [0.2, 0.25) is 12.7 Å². The molecule has 1 amide bonds. The van der Waals surface area contributed by atoms with E-state index in [0.717, 1.165) is 42.7 Å². The SMILES string of the molecule is CN(CC(=O)NC1(C#N)CCCC1)Cc1ccc2c(c1)OCO2. The first kappa shape index (κ1) is 15.6. The number of nitrogens with zero attached hydrogens (tertiary/aromatic N) is 2. The quantitative estimate of drug-likeness (QED) is 0.897. The standard InChI is InChI=1S/C17H21N3O3/c1-20(9-13-4-5-14-15(8-13)23-12-22-14)10-16(21)19-17(11-18)6-2-3-7-17/h4-5,8H,2-3,6-7,9-10,12H2,1H3,(H,19,21). The number of nitrogens with one attached hydrogen (secondary N) is 1. The van der Waals surface area contributed by atoms with Crippen LogP contribution in [0.5, 0.6) is 11.5 Å².